The number of benzene rings is 1. The number of carbonyl (C=O) groups excluding carboxylic acids is 2. The van der Waals surface area contributed by atoms with Gasteiger partial charge in [-0.1, -0.05) is 6.07 Å². The molecule has 18 heavy (non-hydrogen) atoms. The van der Waals surface area contributed by atoms with Crippen LogP contribution in [-0.4, -0.2) is 36.3 Å². The number of nitrogens with one attached hydrogen (secondary N) is 1. The van der Waals surface area contributed by atoms with Gasteiger partial charge in [0.2, 0.25) is 5.91 Å². The van der Waals surface area contributed by atoms with Gasteiger partial charge in [0.05, 0.1) is 6.04 Å². The van der Waals surface area contributed by atoms with Gasteiger partial charge in [-0.15, -0.1) is 0 Å². The van der Waals surface area contributed by atoms with E-state index in [1.807, 2.05) is 13.0 Å². The third kappa shape index (κ3) is 2.45. The van der Waals surface area contributed by atoms with E-state index in [4.69, 9.17) is 5.73 Å². The minimum Gasteiger partial charge on any atom is -0.399 e. The number of likely N-dealkylation sites (tertiary alicyclic amines) is 1. The smallest absolute Gasteiger partial charge is 0.251 e. The molecule has 1 aliphatic heterocycles. The van der Waals surface area contributed by atoms with Crippen LogP contribution in [0.15, 0.2) is 18.2 Å². The Morgan fingerprint density at radius 3 is 2.83 bits per heavy atom. The standard InChI is InChI=1S/C13H17N3O2/c1-8-3-4-9(14)5-11(8)13(18)15-10-6-12(17)16(2)7-10/h3-5,10H,6-7,14H2,1-2H3,(H,15,18). The van der Waals surface area contributed by atoms with Crippen molar-refractivity contribution in [3.05, 3.63) is 29.3 Å². The molecule has 2 rings (SSSR count). The van der Waals surface area contributed by atoms with Gasteiger partial charge in [-0.25, -0.2) is 0 Å². The quantitative estimate of drug-likeness (QED) is 0.749. The van der Waals surface area contributed by atoms with Crippen molar-refractivity contribution in [1.82, 2.24) is 10.2 Å². The second-order valence-electron chi connectivity index (χ2n) is 4.72. The molecule has 96 valence electrons. The molecular weight excluding hydrogens is 230 g/mol. The summed E-state index contributed by atoms with van der Waals surface area (Å²) < 4.78 is 0. The highest BCUT2D eigenvalue weighted by molar-refractivity contribution is 5.97. The fourth-order valence-corrected chi connectivity index (χ4v) is 2.11. The van der Waals surface area contributed by atoms with Crippen LogP contribution < -0.4 is 11.1 Å². The van der Waals surface area contributed by atoms with Gasteiger partial charge in [-0.2, -0.15) is 0 Å². The first-order valence-corrected chi connectivity index (χ1v) is 5.88. The van der Waals surface area contributed by atoms with Gasteiger partial charge in [0.15, 0.2) is 0 Å². The Morgan fingerprint density at radius 1 is 1.50 bits per heavy atom. The third-order valence-corrected chi connectivity index (χ3v) is 3.18. The van der Waals surface area contributed by atoms with E-state index in [1.54, 1.807) is 24.1 Å². The van der Waals surface area contributed by atoms with Crippen LogP contribution >= 0.6 is 0 Å². The molecule has 1 unspecified atom stereocenters. The van der Waals surface area contributed by atoms with E-state index in [9.17, 15) is 9.59 Å². The molecule has 1 aromatic rings. The number of nitrogens with two attached hydrogens (primary N) is 1. The number of hydrogen-bond donors (Lipinski definition) is 2. The monoisotopic (exact) mass is 247 g/mol. The summed E-state index contributed by atoms with van der Waals surface area (Å²) in [7, 11) is 1.74. The fraction of sp³-hybridized carbons (Fsp3) is 0.385. The molecule has 1 heterocycles. The zero-order chi connectivity index (χ0) is 13.3. The lowest BCUT2D eigenvalue weighted by molar-refractivity contribution is -0.126. The van der Waals surface area contributed by atoms with E-state index >= 15 is 0 Å². The number of aryl methyl sites for hydroxylation is 1. The fourth-order valence-electron chi connectivity index (χ4n) is 2.11. The van der Waals surface area contributed by atoms with Gasteiger partial charge in [-0.05, 0) is 24.6 Å². The summed E-state index contributed by atoms with van der Waals surface area (Å²) in [5.41, 5.74) is 7.68. The molecule has 0 bridgehead atoms. The number of carbonyl (C=O) groups is 2. The number of amides is 2. The maximum atomic E-state index is 12.1. The summed E-state index contributed by atoms with van der Waals surface area (Å²) in [6.45, 7) is 2.42. The first-order valence-electron chi connectivity index (χ1n) is 5.88. The molecule has 0 aromatic heterocycles. The molecule has 1 aromatic carbocycles. The van der Waals surface area contributed by atoms with Gasteiger partial charge < -0.3 is 16.0 Å². The Kier molecular flexibility index (Phi) is 3.23. The average Bonchev–Trinajstić information content (AvgIpc) is 2.61. The summed E-state index contributed by atoms with van der Waals surface area (Å²) in [6.07, 6.45) is 0.365. The van der Waals surface area contributed by atoms with E-state index in [1.165, 1.54) is 0 Å². The maximum absolute atomic E-state index is 12.1. The van der Waals surface area contributed by atoms with Crippen LogP contribution in [0, 0.1) is 6.92 Å². The molecule has 0 aliphatic carbocycles. The molecule has 0 radical (unpaired) electrons. The minimum atomic E-state index is -0.173. The number of nitrogen functional groups attached to an aromatic ring is 1. The second-order valence-corrected chi connectivity index (χ2v) is 4.72. The van der Waals surface area contributed by atoms with Crippen molar-refractivity contribution in [2.75, 3.05) is 19.3 Å². The number of hydrogen-bond acceptors (Lipinski definition) is 3. The highest BCUT2D eigenvalue weighted by Crippen LogP contribution is 2.14. The molecule has 0 spiro atoms. The van der Waals surface area contributed by atoms with E-state index in [2.05, 4.69) is 5.32 Å². The number of nitrogens with zero attached hydrogens (tertiary/aromatic N) is 1. The van der Waals surface area contributed by atoms with Crippen molar-refractivity contribution >= 4 is 17.5 Å². The Balaban J connectivity index is 2.08. The lowest BCUT2D eigenvalue weighted by atomic mass is 10.1. The second kappa shape index (κ2) is 4.68. The van der Waals surface area contributed by atoms with Crippen LogP contribution in [0.25, 0.3) is 0 Å². The van der Waals surface area contributed by atoms with E-state index in [0.717, 1.165) is 5.56 Å². The van der Waals surface area contributed by atoms with Crippen molar-refractivity contribution in [3.8, 4) is 0 Å². The topological polar surface area (TPSA) is 75.4 Å². The lowest BCUT2D eigenvalue weighted by Gasteiger charge is -2.13. The lowest BCUT2D eigenvalue weighted by Crippen LogP contribution is -2.36. The number of anilines is 1. The summed E-state index contributed by atoms with van der Waals surface area (Å²) in [5.74, 6) is -0.113. The molecule has 0 saturated carbocycles. The van der Waals surface area contributed by atoms with Crippen molar-refractivity contribution in [1.29, 1.82) is 0 Å². The molecule has 3 N–H and O–H groups in total. The Hall–Kier alpha value is -2.04. The molecule has 5 nitrogen and oxygen atoms in total. The highest BCUT2D eigenvalue weighted by Gasteiger charge is 2.28. The van der Waals surface area contributed by atoms with Crippen LogP contribution in [0.3, 0.4) is 0 Å². The molecule has 1 atom stereocenters. The first kappa shape index (κ1) is 12.4. The molecule has 2 amide bonds. The first-order chi connectivity index (χ1) is 8.47. The number of likely N-dealkylation sites (N-methyl/N-ethyl adjacent to an activating group) is 1. The predicted molar refractivity (Wildman–Crippen MR) is 69.1 cm³/mol. The SMILES string of the molecule is Cc1ccc(N)cc1C(=O)NC1CC(=O)N(C)C1. The van der Waals surface area contributed by atoms with Gasteiger partial charge in [-0.3, -0.25) is 9.59 Å². The van der Waals surface area contributed by atoms with Gasteiger partial charge in [0, 0.05) is 31.3 Å². The maximum Gasteiger partial charge on any atom is 0.251 e. The van der Waals surface area contributed by atoms with Gasteiger partial charge in [0.1, 0.15) is 0 Å². The predicted octanol–water partition coefficient (Wildman–Crippen LogP) is 0.538. The zero-order valence-electron chi connectivity index (χ0n) is 10.6. The van der Waals surface area contributed by atoms with Crippen molar-refractivity contribution in [3.63, 3.8) is 0 Å². The van der Waals surface area contributed by atoms with Crippen molar-refractivity contribution < 1.29 is 9.59 Å². The van der Waals surface area contributed by atoms with Crippen LogP contribution in [0.1, 0.15) is 22.3 Å². The summed E-state index contributed by atoms with van der Waals surface area (Å²) in [5, 5.41) is 2.87. The van der Waals surface area contributed by atoms with Crippen LogP contribution in [0.4, 0.5) is 5.69 Å². The van der Waals surface area contributed by atoms with Gasteiger partial charge >= 0.3 is 0 Å². The van der Waals surface area contributed by atoms with Crippen molar-refractivity contribution in [2.24, 2.45) is 0 Å². The average molecular weight is 247 g/mol. The van der Waals surface area contributed by atoms with Gasteiger partial charge in [0.25, 0.3) is 5.91 Å². The Morgan fingerprint density at radius 2 is 2.22 bits per heavy atom. The summed E-state index contributed by atoms with van der Waals surface area (Å²) >= 11 is 0. The molecule has 1 saturated heterocycles. The molecular formula is C13H17N3O2. The molecule has 5 heteroatoms. The molecule has 1 fully saturated rings. The Bertz CT molecular complexity index is 499. The highest BCUT2D eigenvalue weighted by atomic mass is 16.2. The summed E-state index contributed by atoms with van der Waals surface area (Å²) in [6, 6.07) is 5.12. The normalized spacial score (nSPS) is 19.1. The summed E-state index contributed by atoms with van der Waals surface area (Å²) in [4.78, 5) is 25.1. The van der Waals surface area contributed by atoms with Crippen LogP contribution in [-0.2, 0) is 4.79 Å². The largest absolute Gasteiger partial charge is 0.399 e. The van der Waals surface area contributed by atoms with Crippen LogP contribution in [0.5, 0.6) is 0 Å². The van der Waals surface area contributed by atoms with E-state index in [-0.39, 0.29) is 17.9 Å². The van der Waals surface area contributed by atoms with Crippen LogP contribution in [0.2, 0.25) is 0 Å². The van der Waals surface area contributed by atoms with E-state index < -0.39 is 0 Å². The third-order valence-electron chi connectivity index (χ3n) is 3.18. The van der Waals surface area contributed by atoms with Crippen molar-refractivity contribution in [2.45, 2.75) is 19.4 Å². The van der Waals surface area contributed by atoms with E-state index in [0.29, 0.717) is 24.2 Å². The number of rotatable bonds is 2. The Labute approximate surface area is 106 Å². The zero-order valence-corrected chi connectivity index (χ0v) is 10.6. The molecule has 1 aliphatic rings. The minimum absolute atomic E-state index is 0.0598.